The van der Waals surface area contributed by atoms with Crippen molar-refractivity contribution in [2.75, 3.05) is 13.2 Å². The highest BCUT2D eigenvalue weighted by Crippen LogP contribution is 2.27. The molecule has 0 aromatic carbocycles. The normalized spacial score (nSPS) is 14.8. The third-order valence-corrected chi connectivity index (χ3v) is 9.67. The van der Waals surface area contributed by atoms with Crippen LogP contribution in [0.25, 0.3) is 0 Å². The van der Waals surface area contributed by atoms with Gasteiger partial charge in [-0.15, -0.1) is 0 Å². The molecule has 0 heterocycles. The molecule has 0 aliphatic carbocycles. The molecular formula is C38H78O3. The summed E-state index contributed by atoms with van der Waals surface area (Å²) in [5.41, 5.74) is -1.03. The lowest BCUT2D eigenvalue weighted by atomic mass is 9.88. The molecule has 248 valence electrons. The van der Waals surface area contributed by atoms with Gasteiger partial charge in [-0.05, 0) is 51.4 Å². The molecule has 0 bridgehead atoms. The van der Waals surface area contributed by atoms with E-state index in [-0.39, 0.29) is 0 Å². The fourth-order valence-corrected chi connectivity index (χ4v) is 6.30. The first-order valence-corrected chi connectivity index (χ1v) is 19.0. The quantitative estimate of drug-likeness (QED) is 0.0742. The number of aliphatic hydroxyl groups is 2. The smallest absolute Gasteiger partial charge is 0.0646 e. The van der Waals surface area contributed by atoms with Gasteiger partial charge in [0.1, 0.15) is 0 Å². The highest BCUT2D eigenvalue weighted by molar-refractivity contribution is 4.78. The molecule has 0 saturated carbocycles. The molecule has 0 spiro atoms. The van der Waals surface area contributed by atoms with E-state index in [1.165, 1.54) is 128 Å². The Hall–Kier alpha value is -0.120. The molecule has 41 heavy (non-hydrogen) atoms. The molecule has 0 aliphatic heterocycles. The SMILES string of the molecule is CCCCCCCCCCCCCC(O)(CC)CCCOCCCC(O)(CC)CCCCCCCCCCCCC. The number of unbranched alkanes of at least 4 members (excludes halogenated alkanes) is 20. The maximum Gasteiger partial charge on any atom is 0.0646 e. The van der Waals surface area contributed by atoms with Gasteiger partial charge < -0.3 is 14.9 Å². The van der Waals surface area contributed by atoms with E-state index in [2.05, 4.69) is 27.7 Å². The molecule has 0 radical (unpaired) electrons. The summed E-state index contributed by atoms with van der Waals surface area (Å²) >= 11 is 0. The summed E-state index contributed by atoms with van der Waals surface area (Å²) < 4.78 is 5.91. The molecule has 2 N–H and O–H groups in total. The van der Waals surface area contributed by atoms with Crippen LogP contribution in [0.2, 0.25) is 0 Å². The first-order chi connectivity index (χ1) is 19.9. The molecule has 0 amide bonds. The van der Waals surface area contributed by atoms with Crippen molar-refractivity contribution >= 4 is 0 Å². The summed E-state index contributed by atoms with van der Waals surface area (Å²) in [4.78, 5) is 0. The van der Waals surface area contributed by atoms with E-state index in [9.17, 15) is 10.2 Å². The third kappa shape index (κ3) is 27.2. The predicted octanol–water partition coefficient (Wildman–Crippen LogP) is 12.2. The predicted molar refractivity (Wildman–Crippen MR) is 182 cm³/mol. The van der Waals surface area contributed by atoms with Gasteiger partial charge in [-0.3, -0.25) is 0 Å². The number of ether oxygens (including phenoxy) is 1. The van der Waals surface area contributed by atoms with Crippen LogP contribution in [-0.2, 0) is 4.74 Å². The van der Waals surface area contributed by atoms with E-state index in [0.717, 1.165) is 77.4 Å². The second kappa shape index (κ2) is 29.9. The Bertz CT molecular complexity index is 466. The third-order valence-electron chi connectivity index (χ3n) is 9.67. The highest BCUT2D eigenvalue weighted by Gasteiger charge is 2.24. The molecule has 3 nitrogen and oxygen atoms in total. The maximum atomic E-state index is 11.0. The zero-order chi connectivity index (χ0) is 30.3. The van der Waals surface area contributed by atoms with E-state index >= 15 is 0 Å². The molecule has 0 rings (SSSR count). The Kier molecular flexibility index (Phi) is 29.8. The van der Waals surface area contributed by atoms with Crippen LogP contribution in [0.3, 0.4) is 0 Å². The van der Waals surface area contributed by atoms with Gasteiger partial charge in [0.05, 0.1) is 11.2 Å². The Morgan fingerprint density at radius 2 is 0.585 bits per heavy atom. The minimum Gasteiger partial charge on any atom is -0.390 e. The van der Waals surface area contributed by atoms with E-state index in [1.807, 2.05) is 0 Å². The second-order valence-electron chi connectivity index (χ2n) is 13.5. The lowest BCUT2D eigenvalue weighted by Gasteiger charge is -2.27. The lowest BCUT2D eigenvalue weighted by molar-refractivity contribution is -0.00254. The van der Waals surface area contributed by atoms with Crippen molar-refractivity contribution in [2.24, 2.45) is 0 Å². The molecule has 0 fully saturated rings. The maximum absolute atomic E-state index is 11.0. The second-order valence-corrected chi connectivity index (χ2v) is 13.5. The van der Waals surface area contributed by atoms with Gasteiger partial charge in [-0.25, -0.2) is 0 Å². The summed E-state index contributed by atoms with van der Waals surface area (Å²) in [7, 11) is 0. The van der Waals surface area contributed by atoms with E-state index < -0.39 is 11.2 Å². The molecule has 3 heteroatoms. The van der Waals surface area contributed by atoms with Gasteiger partial charge >= 0.3 is 0 Å². The van der Waals surface area contributed by atoms with Crippen LogP contribution in [0.15, 0.2) is 0 Å². The van der Waals surface area contributed by atoms with Gasteiger partial charge in [-0.1, -0.05) is 169 Å². The van der Waals surface area contributed by atoms with Gasteiger partial charge in [0.25, 0.3) is 0 Å². The number of hydrogen-bond donors (Lipinski definition) is 2. The molecule has 0 aromatic rings. The molecule has 2 atom stereocenters. The standard InChI is InChI=1S/C38H78O3/c1-5-9-11-13-15-17-19-21-23-25-27-31-37(39,7-3)33-29-35-41-36-30-34-38(40,8-4)32-28-26-24-22-20-18-16-14-12-10-6-2/h39-40H,5-36H2,1-4H3. The summed E-state index contributed by atoms with van der Waals surface area (Å²) in [6.07, 6.45) is 36.8. The van der Waals surface area contributed by atoms with Crippen LogP contribution in [-0.4, -0.2) is 34.6 Å². The van der Waals surface area contributed by atoms with E-state index in [4.69, 9.17) is 4.74 Å². The molecule has 0 aromatic heterocycles. The Balaban J connectivity index is 3.72. The van der Waals surface area contributed by atoms with Crippen LogP contribution >= 0.6 is 0 Å². The summed E-state index contributed by atoms with van der Waals surface area (Å²) in [6.45, 7) is 10.3. The summed E-state index contributed by atoms with van der Waals surface area (Å²) in [5, 5.41) is 22.0. The Morgan fingerprint density at radius 1 is 0.341 bits per heavy atom. The topological polar surface area (TPSA) is 49.7 Å². The number of hydrogen-bond acceptors (Lipinski definition) is 3. The average molecular weight is 583 g/mol. The minimum absolute atomic E-state index is 0.514. The highest BCUT2D eigenvalue weighted by atomic mass is 16.5. The minimum atomic E-state index is -0.514. The van der Waals surface area contributed by atoms with Crippen molar-refractivity contribution in [3.63, 3.8) is 0 Å². The van der Waals surface area contributed by atoms with Gasteiger partial charge in [0.2, 0.25) is 0 Å². The summed E-state index contributed by atoms with van der Waals surface area (Å²) in [6, 6.07) is 0. The number of rotatable bonds is 34. The van der Waals surface area contributed by atoms with Crippen LogP contribution in [0.1, 0.15) is 220 Å². The first-order valence-electron chi connectivity index (χ1n) is 19.0. The van der Waals surface area contributed by atoms with E-state index in [1.54, 1.807) is 0 Å². The van der Waals surface area contributed by atoms with Crippen LogP contribution in [0, 0.1) is 0 Å². The Morgan fingerprint density at radius 3 is 0.854 bits per heavy atom. The van der Waals surface area contributed by atoms with Gasteiger partial charge in [0.15, 0.2) is 0 Å². The monoisotopic (exact) mass is 583 g/mol. The zero-order valence-electron chi connectivity index (χ0n) is 28.9. The van der Waals surface area contributed by atoms with Gasteiger partial charge in [0, 0.05) is 13.2 Å². The Labute approximate surface area is 259 Å². The van der Waals surface area contributed by atoms with Crippen molar-refractivity contribution in [2.45, 2.75) is 232 Å². The van der Waals surface area contributed by atoms with Crippen molar-refractivity contribution in [1.82, 2.24) is 0 Å². The van der Waals surface area contributed by atoms with Crippen molar-refractivity contribution < 1.29 is 14.9 Å². The van der Waals surface area contributed by atoms with Crippen molar-refractivity contribution in [3.05, 3.63) is 0 Å². The molecule has 2 unspecified atom stereocenters. The van der Waals surface area contributed by atoms with Gasteiger partial charge in [-0.2, -0.15) is 0 Å². The van der Waals surface area contributed by atoms with Crippen LogP contribution in [0.5, 0.6) is 0 Å². The lowest BCUT2D eigenvalue weighted by Crippen LogP contribution is -2.28. The average Bonchev–Trinajstić information content (AvgIpc) is 2.98. The molecular weight excluding hydrogens is 504 g/mol. The molecule has 0 saturated heterocycles. The van der Waals surface area contributed by atoms with Crippen molar-refractivity contribution in [3.8, 4) is 0 Å². The van der Waals surface area contributed by atoms with Crippen molar-refractivity contribution in [1.29, 1.82) is 0 Å². The van der Waals surface area contributed by atoms with E-state index in [0.29, 0.717) is 0 Å². The fraction of sp³-hybridized carbons (Fsp3) is 1.00. The first kappa shape index (κ1) is 40.9. The largest absolute Gasteiger partial charge is 0.390 e. The zero-order valence-corrected chi connectivity index (χ0v) is 28.9. The molecule has 0 aliphatic rings. The van der Waals surface area contributed by atoms with Crippen LogP contribution in [0.4, 0.5) is 0 Å². The fourth-order valence-electron chi connectivity index (χ4n) is 6.30. The van der Waals surface area contributed by atoms with Crippen LogP contribution < -0.4 is 0 Å². The summed E-state index contributed by atoms with van der Waals surface area (Å²) in [5.74, 6) is 0.